The minimum absolute atomic E-state index is 0.240. The molecule has 0 saturated carbocycles. The Hall–Kier alpha value is -0.610. The van der Waals surface area contributed by atoms with Crippen LogP contribution in [0.3, 0.4) is 0 Å². The Bertz CT molecular complexity index is 201. The van der Waals surface area contributed by atoms with Gasteiger partial charge in [-0.1, -0.05) is 6.92 Å². The molecule has 1 heterocycles. The molecule has 0 radical (unpaired) electrons. The fourth-order valence-corrected chi connectivity index (χ4v) is 2.07. The van der Waals surface area contributed by atoms with Crippen LogP contribution in [0.15, 0.2) is 0 Å². The molecule has 1 N–H and O–H groups in total. The zero-order chi connectivity index (χ0) is 11.8. The van der Waals surface area contributed by atoms with E-state index in [0.29, 0.717) is 12.5 Å². The van der Waals surface area contributed by atoms with Crippen molar-refractivity contribution in [3.8, 4) is 0 Å². The molecule has 4 nitrogen and oxygen atoms in total. The summed E-state index contributed by atoms with van der Waals surface area (Å²) in [5, 5.41) is 3.15. The van der Waals surface area contributed by atoms with E-state index in [1.165, 1.54) is 0 Å². The average molecular weight is 228 g/mol. The lowest BCUT2D eigenvalue weighted by atomic mass is 9.98. The van der Waals surface area contributed by atoms with Gasteiger partial charge < -0.3 is 15.0 Å². The zero-order valence-electron chi connectivity index (χ0n) is 10.5. The van der Waals surface area contributed by atoms with Gasteiger partial charge in [-0.15, -0.1) is 0 Å². The molecule has 0 aliphatic carbocycles. The molecule has 0 aromatic heterocycles. The van der Waals surface area contributed by atoms with Crippen molar-refractivity contribution in [1.29, 1.82) is 0 Å². The first-order chi connectivity index (χ1) is 7.77. The third-order valence-electron chi connectivity index (χ3n) is 3.07. The highest BCUT2D eigenvalue weighted by Gasteiger charge is 2.21. The number of rotatable bonds is 6. The van der Waals surface area contributed by atoms with Crippen molar-refractivity contribution in [3.63, 3.8) is 0 Å². The van der Waals surface area contributed by atoms with Crippen LogP contribution in [-0.2, 0) is 9.53 Å². The molecular weight excluding hydrogens is 204 g/mol. The van der Waals surface area contributed by atoms with E-state index in [0.717, 1.165) is 45.5 Å². The van der Waals surface area contributed by atoms with Gasteiger partial charge in [-0.05, 0) is 31.7 Å². The Morgan fingerprint density at radius 1 is 1.44 bits per heavy atom. The van der Waals surface area contributed by atoms with E-state index in [4.69, 9.17) is 4.74 Å². The molecule has 1 fully saturated rings. The number of carbonyl (C=O) groups excluding carboxylic acids is 1. The number of likely N-dealkylation sites (tertiary alicyclic amines) is 1. The first kappa shape index (κ1) is 13.5. The summed E-state index contributed by atoms with van der Waals surface area (Å²) in [6, 6.07) is 0. The van der Waals surface area contributed by atoms with Crippen molar-refractivity contribution in [2.24, 2.45) is 5.92 Å². The third-order valence-corrected chi connectivity index (χ3v) is 3.07. The number of amides is 1. The van der Waals surface area contributed by atoms with Gasteiger partial charge in [0.1, 0.15) is 0 Å². The number of hydrogen-bond donors (Lipinski definition) is 1. The number of hydrogen-bond acceptors (Lipinski definition) is 3. The van der Waals surface area contributed by atoms with Gasteiger partial charge in [0, 0.05) is 26.8 Å². The lowest BCUT2D eigenvalue weighted by Crippen LogP contribution is -2.43. The van der Waals surface area contributed by atoms with Gasteiger partial charge in [0.05, 0.1) is 6.54 Å². The molecule has 1 amide bonds. The van der Waals surface area contributed by atoms with E-state index >= 15 is 0 Å². The van der Waals surface area contributed by atoms with Crippen molar-refractivity contribution in [2.45, 2.75) is 26.2 Å². The SMILES string of the molecule is CCCNCC(=O)N1CCC(COC)CC1. The van der Waals surface area contributed by atoms with Crippen molar-refractivity contribution >= 4 is 5.91 Å². The van der Waals surface area contributed by atoms with E-state index in [1.54, 1.807) is 7.11 Å². The summed E-state index contributed by atoms with van der Waals surface area (Å²) < 4.78 is 5.14. The minimum Gasteiger partial charge on any atom is -0.384 e. The lowest BCUT2D eigenvalue weighted by Gasteiger charge is -2.31. The van der Waals surface area contributed by atoms with Gasteiger partial charge in [-0.3, -0.25) is 4.79 Å². The second-order valence-corrected chi connectivity index (χ2v) is 4.46. The van der Waals surface area contributed by atoms with Crippen LogP contribution in [0.2, 0.25) is 0 Å². The Kier molecular flexibility index (Phi) is 6.42. The van der Waals surface area contributed by atoms with Gasteiger partial charge >= 0.3 is 0 Å². The first-order valence-corrected chi connectivity index (χ1v) is 6.25. The quantitative estimate of drug-likeness (QED) is 0.686. The maximum Gasteiger partial charge on any atom is 0.236 e. The van der Waals surface area contributed by atoms with Crippen LogP contribution in [0.5, 0.6) is 0 Å². The maximum atomic E-state index is 11.8. The van der Waals surface area contributed by atoms with Crippen molar-refractivity contribution in [3.05, 3.63) is 0 Å². The normalized spacial score (nSPS) is 17.8. The van der Waals surface area contributed by atoms with E-state index in [-0.39, 0.29) is 5.91 Å². The van der Waals surface area contributed by atoms with Crippen LogP contribution >= 0.6 is 0 Å². The van der Waals surface area contributed by atoms with Crippen LogP contribution in [0.25, 0.3) is 0 Å². The van der Waals surface area contributed by atoms with Gasteiger partial charge in [-0.2, -0.15) is 0 Å². The number of nitrogens with zero attached hydrogens (tertiary/aromatic N) is 1. The summed E-state index contributed by atoms with van der Waals surface area (Å²) in [4.78, 5) is 13.7. The molecule has 16 heavy (non-hydrogen) atoms. The second kappa shape index (κ2) is 7.63. The van der Waals surface area contributed by atoms with Crippen molar-refractivity contribution in [2.75, 3.05) is 39.9 Å². The van der Waals surface area contributed by atoms with Crippen LogP contribution in [0.1, 0.15) is 26.2 Å². The Morgan fingerprint density at radius 2 is 2.12 bits per heavy atom. The average Bonchev–Trinajstić information content (AvgIpc) is 2.30. The highest BCUT2D eigenvalue weighted by atomic mass is 16.5. The number of ether oxygens (including phenoxy) is 1. The van der Waals surface area contributed by atoms with Gasteiger partial charge in [0.15, 0.2) is 0 Å². The first-order valence-electron chi connectivity index (χ1n) is 6.25. The van der Waals surface area contributed by atoms with Crippen molar-refractivity contribution in [1.82, 2.24) is 10.2 Å². The van der Waals surface area contributed by atoms with Crippen LogP contribution in [0.4, 0.5) is 0 Å². The molecule has 0 aromatic carbocycles. The summed E-state index contributed by atoms with van der Waals surface area (Å²) in [5.41, 5.74) is 0. The predicted molar refractivity (Wildman–Crippen MR) is 64.3 cm³/mol. The molecule has 94 valence electrons. The number of carbonyl (C=O) groups is 1. The topological polar surface area (TPSA) is 41.6 Å². The molecule has 1 aliphatic rings. The van der Waals surface area contributed by atoms with Crippen LogP contribution in [0, 0.1) is 5.92 Å². The largest absolute Gasteiger partial charge is 0.384 e. The van der Waals surface area contributed by atoms with Gasteiger partial charge in [0.25, 0.3) is 0 Å². The Balaban J connectivity index is 2.17. The molecular formula is C12H24N2O2. The Morgan fingerprint density at radius 3 is 2.69 bits per heavy atom. The fraction of sp³-hybridized carbons (Fsp3) is 0.917. The summed E-state index contributed by atoms with van der Waals surface area (Å²) in [5.74, 6) is 0.877. The molecule has 1 rings (SSSR count). The zero-order valence-corrected chi connectivity index (χ0v) is 10.5. The number of piperidine rings is 1. The van der Waals surface area contributed by atoms with E-state index in [9.17, 15) is 4.79 Å². The molecule has 4 heteroatoms. The summed E-state index contributed by atoms with van der Waals surface area (Å²) in [6.45, 7) is 6.12. The van der Waals surface area contributed by atoms with Gasteiger partial charge in [0.2, 0.25) is 5.91 Å². The number of methoxy groups -OCH3 is 1. The summed E-state index contributed by atoms with van der Waals surface area (Å²) >= 11 is 0. The van der Waals surface area contributed by atoms with E-state index in [1.807, 2.05) is 4.90 Å². The molecule has 0 unspecified atom stereocenters. The molecule has 0 atom stereocenters. The predicted octanol–water partition coefficient (Wildman–Crippen LogP) is 0.871. The number of nitrogens with one attached hydrogen (secondary N) is 1. The fourth-order valence-electron chi connectivity index (χ4n) is 2.07. The van der Waals surface area contributed by atoms with Crippen LogP contribution in [-0.4, -0.2) is 50.7 Å². The van der Waals surface area contributed by atoms with E-state index in [2.05, 4.69) is 12.2 Å². The van der Waals surface area contributed by atoms with Gasteiger partial charge in [-0.25, -0.2) is 0 Å². The second-order valence-electron chi connectivity index (χ2n) is 4.46. The summed E-state index contributed by atoms with van der Waals surface area (Å²) in [6.07, 6.45) is 3.23. The third kappa shape index (κ3) is 4.49. The molecule has 0 bridgehead atoms. The molecule has 0 spiro atoms. The highest BCUT2D eigenvalue weighted by molar-refractivity contribution is 5.78. The smallest absolute Gasteiger partial charge is 0.236 e. The highest BCUT2D eigenvalue weighted by Crippen LogP contribution is 2.16. The monoisotopic (exact) mass is 228 g/mol. The van der Waals surface area contributed by atoms with Crippen molar-refractivity contribution < 1.29 is 9.53 Å². The molecule has 0 aromatic rings. The maximum absolute atomic E-state index is 11.8. The van der Waals surface area contributed by atoms with Crippen LogP contribution < -0.4 is 5.32 Å². The summed E-state index contributed by atoms with van der Waals surface area (Å²) in [7, 11) is 1.74. The standard InChI is InChI=1S/C12H24N2O2/c1-3-6-13-9-12(15)14-7-4-11(5-8-14)10-16-2/h11,13H,3-10H2,1-2H3. The Labute approximate surface area is 98.3 Å². The molecule has 1 saturated heterocycles. The van der Waals surface area contributed by atoms with E-state index < -0.39 is 0 Å². The minimum atomic E-state index is 0.240. The lowest BCUT2D eigenvalue weighted by molar-refractivity contribution is -0.131. The molecule has 1 aliphatic heterocycles.